The number of piperidine rings is 1. The SMILES string of the molecule is CC1CC(N)CCN1C(=O)Nc1ccc(Cl)cc1. The van der Waals surface area contributed by atoms with Gasteiger partial charge in [0.05, 0.1) is 0 Å². The van der Waals surface area contributed by atoms with Gasteiger partial charge in [0.1, 0.15) is 0 Å². The first-order chi connectivity index (χ1) is 8.56. The lowest BCUT2D eigenvalue weighted by Crippen LogP contribution is -2.49. The summed E-state index contributed by atoms with van der Waals surface area (Å²) < 4.78 is 0. The molecule has 18 heavy (non-hydrogen) atoms. The van der Waals surface area contributed by atoms with Crippen molar-refractivity contribution in [3.8, 4) is 0 Å². The number of carbonyl (C=O) groups is 1. The van der Waals surface area contributed by atoms with E-state index in [1.807, 2.05) is 11.8 Å². The normalized spacial score (nSPS) is 23.8. The summed E-state index contributed by atoms with van der Waals surface area (Å²) in [5.41, 5.74) is 6.64. The second-order valence-corrected chi connectivity index (χ2v) is 5.20. The molecule has 0 saturated carbocycles. The fourth-order valence-electron chi connectivity index (χ4n) is 2.24. The van der Waals surface area contributed by atoms with E-state index in [1.165, 1.54) is 0 Å². The number of likely N-dealkylation sites (tertiary alicyclic amines) is 1. The lowest BCUT2D eigenvalue weighted by atomic mass is 10.00. The number of urea groups is 1. The Bertz CT molecular complexity index is 421. The fourth-order valence-corrected chi connectivity index (χ4v) is 2.36. The minimum atomic E-state index is -0.0725. The second kappa shape index (κ2) is 5.59. The first-order valence-corrected chi connectivity index (χ1v) is 6.53. The van der Waals surface area contributed by atoms with Crippen LogP contribution in [-0.2, 0) is 0 Å². The number of halogens is 1. The van der Waals surface area contributed by atoms with Gasteiger partial charge in [-0.15, -0.1) is 0 Å². The van der Waals surface area contributed by atoms with Crippen molar-refractivity contribution in [1.29, 1.82) is 0 Å². The number of carbonyl (C=O) groups excluding carboxylic acids is 1. The maximum absolute atomic E-state index is 12.1. The Morgan fingerprint density at radius 2 is 2.11 bits per heavy atom. The van der Waals surface area contributed by atoms with Crippen molar-refractivity contribution in [2.75, 3.05) is 11.9 Å². The topological polar surface area (TPSA) is 58.4 Å². The summed E-state index contributed by atoms with van der Waals surface area (Å²) in [7, 11) is 0. The molecule has 1 heterocycles. The van der Waals surface area contributed by atoms with E-state index in [9.17, 15) is 4.79 Å². The molecule has 98 valence electrons. The van der Waals surface area contributed by atoms with Crippen molar-refractivity contribution in [3.63, 3.8) is 0 Å². The van der Waals surface area contributed by atoms with Crippen molar-refractivity contribution >= 4 is 23.3 Å². The molecule has 1 aromatic rings. The molecular weight excluding hydrogens is 250 g/mol. The zero-order valence-corrected chi connectivity index (χ0v) is 11.2. The zero-order valence-electron chi connectivity index (χ0n) is 10.4. The number of nitrogens with two attached hydrogens (primary N) is 1. The Balaban J connectivity index is 1.97. The number of hydrogen-bond donors (Lipinski definition) is 2. The van der Waals surface area contributed by atoms with Crippen LogP contribution >= 0.6 is 11.6 Å². The predicted octanol–water partition coefficient (Wildman–Crippen LogP) is 2.68. The van der Waals surface area contributed by atoms with E-state index in [2.05, 4.69) is 5.32 Å². The smallest absolute Gasteiger partial charge is 0.322 e. The third-order valence-corrected chi connectivity index (χ3v) is 3.53. The number of hydrogen-bond acceptors (Lipinski definition) is 2. The van der Waals surface area contributed by atoms with Crippen LogP contribution in [0.2, 0.25) is 5.02 Å². The minimum Gasteiger partial charge on any atom is -0.328 e. The third kappa shape index (κ3) is 3.15. The van der Waals surface area contributed by atoms with Crippen LogP contribution in [0.25, 0.3) is 0 Å². The van der Waals surface area contributed by atoms with Crippen molar-refractivity contribution in [3.05, 3.63) is 29.3 Å². The summed E-state index contributed by atoms with van der Waals surface area (Å²) in [5.74, 6) is 0. The first kappa shape index (κ1) is 13.2. The van der Waals surface area contributed by atoms with Gasteiger partial charge in [0.15, 0.2) is 0 Å². The molecule has 0 aromatic heterocycles. The molecule has 0 spiro atoms. The van der Waals surface area contributed by atoms with Crippen molar-refractivity contribution in [2.45, 2.75) is 31.8 Å². The highest BCUT2D eigenvalue weighted by Gasteiger charge is 2.26. The van der Waals surface area contributed by atoms with Crippen LogP contribution < -0.4 is 11.1 Å². The van der Waals surface area contributed by atoms with E-state index in [0.717, 1.165) is 18.5 Å². The molecule has 1 aliphatic heterocycles. The molecule has 2 rings (SSSR count). The summed E-state index contributed by atoms with van der Waals surface area (Å²) in [5, 5.41) is 3.53. The highest BCUT2D eigenvalue weighted by molar-refractivity contribution is 6.30. The van der Waals surface area contributed by atoms with Gasteiger partial charge in [0, 0.05) is 29.3 Å². The largest absolute Gasteiger partial charge is 0.328 e. The molecule has 0 aliphatic carbocycles. The third-order valence-electron chi connectivity index (χ3n) is 3.27. The highest BCUT2D eigenvalue weighted by Crippen LogP contribution is 2.18. The second-order valence-electron chi connectivity index (χ2n) is 4.76. The number of anilines is 1. The summed E-state index contributed by atoms with van der Waals surface area (Å²) in [6.07, 6.45) is 1.71. The molecule has 3 N–H and O–H groups in total. The van der Waals surface area contributed by atoms with Crippen LogP contribution in [-0.4, -0.2) is 29.6 Å². The average Bonchev–Trinajstić information content (AvgIpc) is 2.32. The molecular formula is C13H18ClN3O. The van der Waals surface area contributed by atoms with E-state index in [0.29, 0.717) is 11.6 Å². The van der Waals surface area contributed by atoms with Crippen LogP contribution in [0.1, 0.15) is 19.8 Å². The maximum atomic E-state index is 12.1. The van der Waals surface area contributed by atoms with Gasteiger partial charge in [-0.1, -0.05) is 11.6 Å². The number of nitrogens with zero attached hydrogens (tertiary/aromatic N) is 1. The van der Waals surface area contributed by atoms with Gasteiger partial charge < -0.3 is 16.0 Å². The molecule has 1 aliphatic rings. The number of nitrogens with one attached hydrogen (secondary N) is 1. The highest BCUT2D eigenvalue weighted by atomic mass is 35.5. The van der Waals surface area contributed by atoms with Gasteiger partial charge in [0.25, 0.3) is 0 Å². The Labute approximate surface area is 112 Å². The molecule has 2 atom stereocenters. The zero-order chi connectivity index (χ0) is 13.1. The Hall–Kier alpha value is -1.26. The molecule has 1 aromatic carbocycles. The molecule has 0 bridgehead atoms. The molecule has 0 radical (unpaired) electrons. The van der Waals surface area contributed by atoms with E-state index in [4.69, 9.17) is 17.3 Å². The fraction of sp³-hybridized carbons (Fsp3) is 0.462. The quantitative estimate of drug-likeness (QED) is 0.822. The molecule has 2 unspecified atom stereocenters. The number of amides is 2. The van der Waals surface area contributed by atoms with Crippen molar-refractivity contribution < 1.29 is 4.79 Å². The Morgan fingerprint density at radius 1 is 1.44 bits per heavy atom. The van der Waals surface area contributed by atoms with Gasteiger partial charge >= 0.3 is 6.03 Å². The first-order valence-electron chi connectivity index (χ1n) is 6.15. The number of benzene rings is 1. The van der Waals surface area contributed by atoms with Crippen LogP contribution in [0.5, 0.6) is 0 Å². The van der Waals surface area contributed by atoms with Crippen LogP contribution in [0, 0.1) is 0 Å². The molecule has 1 saturated heterocycles. The maximum Gasteiger partial charge on any atom is 0.322 e. The van der Waals surface area contributed by atoms with Gasteiger partial charge in [-0.2, -0.15) is 0 Å². The van der Waals surface area contributed by atoms with E-state index in [-0.39, 0.29) is 18.1 Å². The van der Waals surface area contributed by atoms with Crippen molar-refractivity contribution in [2.24, 2.45) is 5.73 Å². The monoisotopic (exact) mass is 267 g/mol. The van der Waals surface area contributed by atoms with Crippen LogP contribution in [0.4, 0.5) is 10.5 Å². The average molecular weight is 268 g/mol. The van der Waals surface area contributed by atoms with E-state index >= 15 is 0 Å². The summed E-state index contributed by atoms with van der Waals surface area (Å²) in [6.45, 7) is 2.74. The Morgan fingerprint density at radius 3 is 2.72 bits per heavy atom. The molecule has 4 nitrogen and oxygen atoms in total. The van der Waals surface area contributed by atoms with Gasteiger partial charge in [0.2, 0.25) is 0 Å². The summed E-state index contributed by atoms with van der Waals surface area (Å²) >= 11 is 5.80. The predicted molar refractivity (Wildman–Crippen MR) is 73.8 cm³/mol. The standard InChI is InChI=1S/C13H18ClN3O/c1-9-8-11(15)6-7-17(9)13(18)16-12-4-2-10(14)3-5-12/h2-5,9,11H,6-8,15H2,1H3,(H,16,18). The summed E-state index contributed by atoms with van der Waals surface area (Å²) in [6, 6.07) is 7.41. The minimum absolute atomic E-state index is 0.0725. The van der Waals surface area contributed by atoms with Gasteiger partial charge in [-0.25, -0.2) is 4.79 Å². The van der Waals surface area contributed by atoms with Gasteiger partial charge in [-0.05, 0) is 44.0 Å². The number of rotatable bonds is 1. The van der Waals surface area contributed by atoms with E-state index in [1.54, 1.807) is 24.3 Å². The van der Waals surface area contributed by atoms with E-state index < -0.39 is 0 Å². The van der Waals surface area contributed by atoms with Gasteiger partial charge in [-0.3, -0.25) is 0 Å². The van der Waals surface area contributed by atoms with Crippen LogP contribution in [0.15, 0.2) is 24.3 Å². The molecule has 1 fully saturated rings. The molecule has 2 amide bonds. The summed E-state index contributed by atoms with van der Waals surface area (Å²) in [4.78, 5) is 13.9. The van der Waals surface area contributed by atoms with Crippen LogP contribution in [0.3, 0.4) is 0 Å². The lowest BCUT2D eigenvalue weighted by Gasteiger charge is -2.36. The van der Waals surface area contributed by atoms with Crippen molar-refractivity contribution in [1.82, 2.24) is 4.90 Å². The Kier molecular flexibility index (Phi) is 4.09. The lowest BCUT2D eigenvalue weighted by molar-refractivity contribution is 0.163. The molecule has 5 heteroatoms.